The molecular weight excluding hydrogens is 248 g/mol. The highest BCUT2D eigenvalue weighted by molar-refractivity contribution is 5.89. The second-order valence-electron chi connectivity index (χ2n) is 5.70. The van der Waals surface area contributed by atoms with Crippen LogP contribution in [0.4, 0.5) is 0 Å². The molecule has 1 fully saturated rings. The zero-order valence-corrected chi connectivity index (χ0v) is 11.7. The number of ether oxygens (including phenoxy) is 1. The zero-order chi connectivity index (χ0) is 13.8. The lowest BCUT2D eigenvalue weighted by Crippen LogP contribution is -2.15. The van der Waals surface area contributed by atoms with Crippen LogP contribution in [0, 0.1) is 5.92 Å². The number of hydrogen-bond acceptors (Lipinski definition) is 2. The Kier molecular flexibility index (Phi) is 4.00. The van der Waals surface area contributed by atoms with Crippen molar-refractivity contribution >= 4 is 17.1 Å². The maximum Gasteiger partial charge on any atom is 0.150 e. The largest absolute Gasteiger partial charge is 0.493 e. The Morgan fingerprint density at radius 2 is 1.75 bits per heavy atom. The van der Waals surface area contributed by atoms with Crippen molar-refractivity contribution in [3.05, 3.63) is 42.0 Å². The molecule has 2 aromatic rings. The second-order valence-corrected chi connectivity index (χ2v) is 5.70. The Morgan fingerprint density at radius 3 is 2.55 bits per heavy atom. The van der Waals surface area contributed by atoms with Crippen LogP contribution in [-0.4, -0.2) is 12.9 Å². The Morgan fingerprint density at radius 1 is 1.00 bits per heavy atom. The van der Waals surface area contributed by atoms with Gasteiger partial charge in [-0.25, -0.2) is 0 Å². The number of carbonyl (C=O) groups excluding carboxylic acids is 1. The monoisotopic (exact) mass is 268 g/mol. The SMILES string of the molecule is O=Cc1ccc2cc(OCC3CCCCC3)ccc2c1. The molecule has 2 aromatic carbocycles. The minimum absolute atomic E-state index is 0.716. The molecule has 2 nitrogen and oxygen atoms in total. The highest BCUT2D eigenvalue weighted by atomic mass is 16.5. The average molecular weight is 268 g/mol. The van der Waals surface area contributed by atoms with Crippen molar-refractivity contribution < 1.29 is 9.53 Å². The molecule has 0 unspecified atom stereocenters. The molecule has 0 bridgehead atoms. The summed E-state index contributed by atoms with van der Waals surface area (Å²) in [6, 6.07) is 11.8. The molecule has 0 heterocycles. The van der Waals surface area contributed by atoms with Crippen molar-refractivity contribution in [1.29, 1.82) is 0 Å². The van der Waals surface area contributed by atoms with Crippen LogP contribution >= 0.6 is 0 Å². The molecular formula is C18H20O2. The maximum absolute atomic E-state index is 10.8. The van der Waals surface area contributed by atoms with Gasteiger partial charge in [0, 0.05) is 5.56 Å². The van der Waals surface area contributed by atoms with Gasteiger partial charge in [-0.3, -0.25) is 4.79 Å². The molecule has 0 spiro atoms. The highest BCUT2D eigenvalue weighted by Crippen LogP contribution is 2.26. The smallest absolute Gasteiger partial charge is 0.150 e. The summed E-state index contributed by atoms with van der Waals surface area (Å²) < 4.78 is 5.94. The van der Waals surface area contributed by atoms with Crippen LogP contribution in [0.1, 0.15) is 42.5 Å². The van der Waals surface area contributed by atoms with Crippen LogP contribution in [0.5, 0.6) is 5.75 Å². The predicted octanol–water partition coefficient (Wildman–Crippen LogP) is 4.61. The third kappa shape index (κ3) is 3.01. The van der Waals surface area contributed by atoms with Gasteiger partial charge in [0.15, 0.2) is 0 Å². The quantitative estimate of drug-likeness (QED) is 0.757. The molecule has 0 saturated heterocycles. The molecule has 3 rings (SSSR count). The normalized spacial score (nSPS) is 16.2. The molecule has 2 heteroatoms. The van der Waals surface area contributed by atoms with Crippen molar-refractivity contribution in [2.75, 3.05) is 6.61 Å². The van der Waals surface area contributed by atoms with Gasteiger partial charge in [0.25, 0.3) is 0 Å². The number of fused-ring (bicyclic) bond motifs is 1. The van der Waals surface area contributed by atoms with Crippen LogP contribution in [0.3, 0.4) is 0 Å². The van der Waals surface area contributed by atoms with Gasteiger partial charge in [-0.15, -0.1) is 0 Å². The maximum atomic E-state index is 10.8. The van der Waals surface area contributed by atoms with E-state index in [0.717, 1.165) is 35.3 Å². The lowest BCUT2D eigenvalue weighted by molar-refractivity contribution is 0.112. The minimum Gasteiger partial charge on any atom is -0.493 e. The molecule has 1 aliphatic carbocycles. The van der Waals surface area contributed by atoms with Crippen LogP contribution in [0.25, 0.3) is 10.8 Å². The Labute approximate surface area is 119 Å². The molecule has 1 aliphatic rings. The molecule has 0 N–H and O–H groups in total. The standard InChI is InChI=1S/C18H20O2/c19-12-15-6-7-17-11-18(9-8-16(17)10-15)20-13-14-4-2-1-3-5-14/h6-12,14H,1-5,13H2. The van der Waals surface area contributed by atoms with Crippen molar-refractivity contribution in [3.8, 4) is 5.75 Å². The van der Waals surface area contributed by atoms with E-state index in [1.54, 1.807) is 0 Å². The first-order chi connectivity index (χ1) is 9.85. The zero-order valence-electron chi connectivity index (χ0n) is 11.7. The topological polar surface area (TPSA) is 26.3 Å². The number of carbonyl (C=O) groups is 1. The van der Waals surface area contributed by atoms with E-state index in [2.05, 4.69) is 6.07 Å². The first-order valence-corrected chi connectivity index (χ1v) is 7.47. The van der Waals surface area contributed by atoms with E-state index in [4.69, 9.17) is 4.74 Å². The Bertz CT molecular complexity index is 597. The summed E-state index contributed by atoms with van der Waals surface area (Å²) in [5, 5.41) is 2.20. The predicted molar refractivity (Wildman–Crippen MR) is 81.4 cm³/mol. The summed E-state index contributed by atoms with van der Waals surface area (Å²) in [5.41, 5.74) is 0.716. The van der Waals surface area contributed by atoms with Crippen LogP contribution in [0.2, 0.25) is 0 Å². The summed E-state index contributed by atoms with van der Waals surface area (Å²) in [7, 11) is 0. The van der Waals surface area contributed by atoms with Crippen LogP contribution < -0.4 is 4.74 Å². The van der Waals surface area contributed by atoms with Gasteiger partial charge in [-0.05, 0) is 47.7 Å². The fourth-order valence-electron chi connectivity index (χ4n) is 2.97. The van der Waals surface area contributed by atoms with E-state index in [1.807, 2.05) is 30.3 Å². The summed E-state index contributed by atoms with van der Waals surface area (Å²) in [6.45, 7) is 0.831. The van der Waals surface area contributed by atoms with E-state index >= 15 is 0 Å². The van der Waals surface area contributed by atoms with E-state index in [1.165, 1.54) is 32.1 Å². The Hall–Kier alpha value is -1.83. The first kappa shape index (κ1) is 13.2. The second kappa shape index (κ2) is 6.08. The van der Waals surface area contributed by atoms with Gasteiger partial charge >= 0.3 is 0 Å². The molecule has 0 atom stereocenters. The summed E-state index contributed by atoms with van der Waals surface area (Å²) in [4.78, 5) is 10.8. The molecule has 0 aromatic heterocycles. The molecule has 20 heavy (non-hydrogen) atoms. The number of hydrogen-bond donors (Lipinski definition) is 0. The van der Waals surface area contributed by atoms with E-state index in [-0.39, 0.29) is 0 Å². The number of benzene rings is 2. The fourth-order valence-corrected chi connectivity index (χ4v) is 2.97. The van der Waals surface area contributed by atoms with Crippen LogP contribution in [0.15, 0.2) is 36.4 Å². The molecule has 0 radical (unpaired) electrons. The average Bonchev–Trinajstić information content (AvgIpc) is 2.53. The third-order valence-corrected chi connectivity index (χ3v) is 4.18. The first-order valence-electron chi connectivity index (χ1n) is 7.47. The highest BCUT2D eigenvalue weighted by Gasteiger charge is 2.13. The van der Waals surface area contributed by atoms with E-state index in [9.17, 15) is 4.79 Å². The molecule has 0 amide bonds. The van der Waals surface area contributed by atoms with Gasteiger partial charge in [0.2, 0.25) is 0 Å². The van der Waals surface area contributed by atoms with Crippen molar-refractivity contribution in [2.24, 2.45) is 5.92 Å². The van der Waals surface area contributed by atoms with Crippen LogP contribution in [-0.2, 0) is 0 Å². The van der Waals surface area contributed by atoms with E-state index in [0.29, 0.717) is 5.56 Å². The molecule has 1 saturated carbocycles. The van der Waals surface area contributed by atoms with Crippen molar-refractivity contribution in [2.45, 2.75) is 32.1 Å². The lowest BCUT2D eigenvalue weighted by Gasteiger charge is -2.21. The molecule has 104 valence electrons. The lowest BCUT2D eigenvalue weighted by atomic mass is 9.90. The fraction of sp³-hybridized carbons (Fsp3) is 0.389. The number of rotatable bonds is 4. The van der Waals surface area contributed by atoms with Crippen molar-refractivity contribution in [1.82, 2.24) is 0 Å². The van der Waals surface area contributed by atoms with Gasteiger partial charge in [0.05, 0.1) is 6.61 Å². The summed E-state index contributed by atoms with van der Waals surface area (Å²) in [5.74, 6) is 1.65. The Balaban J connectivity index is 1.70. The van der Waals surface area contributed by atoms with Gasteiger partial charge in [0.1, 0.15) is 12.0 Å². The van der Waals surface area contributed by atoms with Gasteiger partial charge < -0.3 is 4.74 Å². The third-order valence-electron chi connectivity index (χ3n) is 4.18. The number of aldehydes is 1. The van der Waals surface area contributed by atoms with Gasteiger partial charge in [-0.1, -0.05) is 37.5 Å². The minimum atomic E-state index is 0.716. The van der Waals surface area contributed by atoms with E-state index < -0.39 is 0 Å². The van der Waals surface area contributed by atoms with Crippen molar-refractivity contribution in [3.63, 3.8) is 0 Å². The molecule has 0 aliphatic heterocycles. The summed E-state index contributed by atoms with van der Waals surface area (Å²) in [6.07, 6.45) is 7.56. The van der Waals surface area contributed by atoms with Gasteiger partial charge in [-0.2, -0.15) is 0 Å². The summed E-state index contributed by atoms with van der Waals surface area (Å²) >= 11 is 0.